The van der Waals surface area contributed by atoms with Gasteiger partial charge < -0.3 is 0 Å². The minimum Gasteiger partial charge on any atom is -0.237 e. The second kappa shape index (κ2) is 5.79. The Bertz CT molecular complexity index is 659. The number of halogens is 1. The molecule has 0 fully saturated rings. The molecular formula is C16H16FN3. The second-order valence-electron chi connectivity index (χ2n) is 5.11. The lowest BCUT2D eigenvalue weighted by molar-refractivity contribution is 0.560. The minimum atomic E-state index is -0.359. The summed E-state index contributed by atoms with van der Waals surface area (Å²) in [5.74, 6) is -0.0351. The number of aryl methyl sites for hydroxylation is 1. The monoisotopic (exact) mass is 269 g/mol. The molecule has 0 aliphatic carbocycles. The van der Waals surface area contributed by atoms with E-state index in [9.17, 15) is 9.65 Å². The molecule has 0 N–H and O–H groups in total. The molecule has 4 heteroatoms. The Balaban J connectivity index is 2.52. The fourth-order valence-corrected chi connectivity index (χ4v) is 2.03. The summed E-state index contributed by atoms with van der Waals surface area (Å²) in [6, 6.07) is 10.3. The van der Waals surface area contributed by atoms with Gasteiger partial charge in [0, 0.05) is 11.3 Å². The molecule has 0 saturated carbocycles. The zero-order valence-electron chi connectivity index (χ0n) is 11.8. The van der Waals surface area contributed by atoms with Gasteiger partial charge >= 0.3 is 0 Å². The topological polar surface area (TPSA) is 49.6 Å². The lowest BCUT2D eigenvalue weighted by atomic mass is 9.96. The normalized spacial score (nSPS) is 12.2. The van der Waals surface area contributed by atoms with Crippen LogP contribution in [0.3, 0.4) is 0 Å². The molecule has 0 bridgehead atoms. The van der Waals surface area contributed by atoms with Gasteiger partial charge in [-0.1, -0.05) is 26.0 Å². The summed E-state index contributed by atoms with van der Waals surface area (Å²) < 4.78 is 13.3. The minimum absolute atomic E-state index is 0.127. The number of hydrogen-bond acceptors (Lipinski definition) is 3. The molecular weight excluding hydrogens is 253 g/mol. The molecule has 2 aromatic rings. The number of benzene rings is 1. The van der Waals surface area contributed by atoms with Crippen LogP contribution < -0.4 is 0 Å². The highest BCUT2D eigenvalue weighted by Crippen LogP contribution is 2.24. The number of nitriles is 1. The summed E-state index contributed by atoms with van der Waals surface area (Å²) in [6.45, 7) is 5.77. The highest BCUT2D eigenvalue weighted by molar-refractivity contribution is 5.59. The molecule has 0 spiro atoms. The Kier molecular flexibility index (Phi) is 4.09. The first kappa shape index (κ1) is 14.1. The Morgan fingerprint density at radius 1 is 1.20 bits per heavy atom. The highest BCUT2D eigenvalue weighted by Gasteiger charge is 2.19. The van der Waals surface area contributed by atoms with E-state index in [0.29, 0.717) is 17.1 Å². The Hall–Kier alpha value is -2.28. The standard InChI is InChI=1S/C16H16FN3/c1-10(2)14(9-18)16-19-11(3)7-15(20-16)12-5-4-6-13(17)8-12/h4-8,10,14H,1-3H3. The van der Waals surface area contributed by atoms with Crippen LogP contribution in [0.5, 0.6) is 0 Å². The molecule has 1 unspecified atom stereocenters. The molecule has 0 aliphatic heterocycles. The van der Waals surface area contributed by atoms with Crippen LogP contribution in [0.2, 0.25) is 0 Å². The Morgan fingerprint density at radius 3 is 2.55 bits per heavy atom. The number of nitrogens with zero attached hydrogens (tertiary/aromatic N) is 3. The first-order valence-electron chi connectivity index (χ1n) is 6.52. The maximum atomic E-state index is 13.3. The molecule has 3 nitrogen and oxygen atoms in total. The van der Waals surface area contributed by atoms with Crippen LogP contribution in [-0.4, -0.2) is 9.97 Å². The van der Waals surface area contributed by atoms with Crippen molar-refractivity contribution in [2.24, 2.45) is 5.92 Å². The van der Waals surface area contributed by atoms with Crippen molar-refractivity contribution < 1.29 is 4.39 Å². The molecule has 1 aromatic carbocycles. The van der Waals surface area contributed by atoms with Gasteiger partial charge in [-0.25, -0.2) is 14.4 Å². The van der Waals surface area contributed by atoms with Crippen molar-refractivity contribution in [2.75, 3.05) is 0 Å². The second-order valence-corrected chi connectivity index (χ2v) is 5.11. The maximum absolute atomic E-state index is 13.3. The maximum Gasteiger partial charge on any atom is 0.146 e. The molecule has 20 heavy (non-hydrogen) atoms. The number of rotatable bonds is 3. The molecule has 1 heterocycles. The molecule has 102 valence electrons. The zero-order chi connectivity index (χ0) is 14.7. The third-order valence-corrected chi connectivity index (χ3v) is 3.08. The quantitative estimate of drug-likeness (QED) is 0.850. The lowest BCUT2D eigenvalue weighted by Gasteiger charge is -2.13. The first-order chi connectivity index (χ1) is 9.51. The summed E-state index contributed by atoms with van der Waals surface area (Å²) >= 11 is 0. The van der Waals surface area contributed by atoms with Crippen molar-refractivity contribution in [2.45, 2.75) is 26.7 Å². The molecule has 0 aliphatic rings. The number of hydrogen-bond donors (Lipinski definition) is 0. The van der Waals surface area contributed by atoms with Crippen LogP contribution in [0.1, 0.15) is 31.3 Å². The fraction of sp³-hybridized carbons (Fsp3) is 0.312. The zero-order valence-corrected chi connectivity index (χ0v) is 11.8. The summed E-state index contributed by atoms with van der Waals surface area (Å²) in [6.07, 6.45) is 0. The van der Waals surface area contributed by atoms with E-state index in [4.69, 9.17) is 0 Å². The van der Waals surface area contributed by atoms with E-state index >= 15 is 0 Å². The van der Waals surface area contributed by atoms with Crippen molar-refractivity contribution in [1.29, 1.82) is 5.26 Å². The van der Waals surface area contributed by atoms with Gasteiger partial charge in [-0.15, -0.1) is 0 Å². The summed E-state index contributed by atoms with van der Waals surface area (Å²) in [5.41, 5.74) is 2.11. The SMILES string of the molecule is Cc1cc(-c2cccc(F)c2)nc(C(C#N)C(C)C)n1. The van der Waals surface area contributed by atoms with Gasteiger partial charge in [0.05, 0.1) is 11.8 Å². The van der Waals surface area contributed by atoms with E-state index in [1.807, 2.05) is 20.8 Å². The summed E-state index contributed by atoms with van der Waals surface area (Å²) in [7, 11) is 0. The van der Waals surface area contributed by atoms with E-state index in [2.05, 4.69) is 16.0 Å². The van der Waals surface area contributed by atoms with Crippen LogP contribution in [0.25, 0.3) is 11.3 Å². The van der Waals surface area contributed by atoms with Gasteiger partial charge in [0.25, 0.3) is 0 Å². The molecule has 1 aromatic heterocycles. The van der Waals surface area contributed by atoms with E-state index in [1.165, 1.54) is 12.1 Å². The van der Waals surface area contributed by atoms with Gasteiger partial charge in [0.2, 0.25) is 0 Å². The van der Waals surface area contributed by atoms with Crippen molar-refractivity contribution in [3.8, 4) is 17.3 Å². The highest BCUT2D eigenvalue weighted by atomic mass is 19.1. The van der Waals surface area contributed by atoms with E-state index in [-0.39, 0.29) is 17.7 Å². The van der Waals surface area contributed by atoms with Crippen LogP contribution in [-0.2, 0) is 0 Å². The van der Waals surface area contributed by atoms with Gasteiger partial charge in [0.1, 0.15) is 17.6 Å². The lowest BCUT2D eigenvalue weighted by Crippen LogP contribution is -2.10. The van der Waals surface area contributed by atoms with Gasteiger partial charge in [-0.05, 0) is 31.0 Å². The largest absolute Gasteiger partial charge is 0.237 e. The average Bonchev–Trinajstić information content (AvgIpc) is 2.38. The molecule has 0 saturated heterocycles. The first-order valence-corrected chi connectivity index (χ1v) is 6.52. The van der Waals surface area contributed by atoms with Crippen LogP contribution in [0.4, 0.5) is 4.39 Å². The van der Waals surface area contributed by atoms with Crippen LogP contribution in [0, 0.1) is 30.0 Å². The van der Waals surface area contributed by atoms with Gasteiger partial charge in [-0.3, -0.25) is 0 Å². The van der Waals surface area contributed by atoms with Gasteiger partial charge in [-0.2, -0.15) is 5.26 Å². The summed E-state index contributed by atoms with van der Waals surface area (Å²) in [4.78, 5) is 8.78. The third-order valence-electron chi connectivity index (χ3n) is 3.08. The van der Waals surface area contributed by atoms with Crippen molar-refractivity contribution >= 4 is 0 Å². The van der Waals surface area contributed by atoms with E-state index < -0.39 is 0 Å². The fourth-order valence-electron chi connectivity index (χ4n) is 2.03. The van der Waals surface area contributed by atoms with E-state index in [0.717, 1.165) is 5.69 Å². The smallest absolute Gasteiger partial charge is 0.146 e. The van der Waals surface area contributed by atoms with Crippen molar-refractivity contribution in [3.05, 3.63) is 47.7 Å². The molecule has 0 radical (unpaired) electrons. The average molecular weight is 269 g/mol. The number of aromatic nitrogens is 2. The van der Waals surface area contributed by atoms with Crippen molar-refractivity contribution in [1.82, 2.24) is 9.97 Å². The molecule has 0 amide bonds. The van der Waals surface area contributed by atoms with Crippen LogP contribution >= 0.6 is 0 Å². The Morgan fingerprint density at radius 2 is 1.95 bits per heavy atom. The summed E-state index contributed by atoms with van der Waals surface area (Å²) in [5, 5.41) is 9.26. The predicted molar refractivity (Wildman–Crippen MR) is 75.4 cm³/mol. The van der Waals surface area contributed by atoms with Crippen LogP contribution in [0.15, 0.2) is 30.3 Å². The van der Waals surface area contributed by atoms with Crippen molar-refractivity contribution in [3.63, 3.8) is 0 Å². The molecule has 1 atom stereocenters. The van der Waals surface area contributed by atoms with E-state index in [1.54, 1.807) is 18.2 Å². The third kappa shape index (κ3) is 3.00. The Labute approximate surface area is 118 Å². The van der Waals surface area contributed by atoms with Gasteiger partial charge in [0.15, 0.2) is 0 Å². The predicted octanol–water partition coefficient (Wildman–Crippen LogP) is 3.85. The molecule has 2 rings (SSSR count).